The lowest BCUT2D eigenvalue weighted by atomic mass is 9.94. The van der Waals surface area contributed by atoms with E-state index in [0.29, 0.717) is 16.9 Å². The molecule has 0 N–H and O–H groups in total. The van der Waals surface area contributed by atoms with E-state index in [-0.39, 0.29) is 11.8 Å². The Kier molecular flexibility index (Phi) is 4.90. The summed E-state index contributed by atoms with van der Waals surface area (Å²) in [7, 11) is 0. The zero-order valence-corrected chi connectivity index (χ0v) is 16.0. The Morgan fingerprint density at radius 3 is 2.52 bits per heavy atom. The van der Waals surface area contributed by atoms with Gasteiger partial charge in [0.05, 0.1) is 5.56 Å². The van der Waals surface area contributed by atoms with Crippen LogP contribution in [0.15, 0.2) is 54.6 Å². The molecule has 0 radical (unpaired) electrons. The van der Waals surface area contributed by atoms with Crippen LogP contribution < -0.4 is 4.74 Å². The Hall–Kier alpha value is -2.72. The van der Waals surface area contributed by atoms with E-state index in [0.717, 1.165) is 41.7 Å². The molecule has 1 aliphatic rings. The summed E-state index contributed by atoms with van der Waals surface area (Å²) in [6, 6.07) is 16.8. The van der Waals surface area contributed by atoms with Gasteiger partial charge in [-0.2, -0.15) is 0 Å². The van der Waals surface area contributed by atoms with Crippen LogP contribution >= 0.6 is 11.3 Å². The smallest absolute Gasteiger partial charge is 0.345 e. The number of thiophene rings is 1. The second kappa shape index (κ2) is 7.49. The van der Waals surface area contributed by atoms with E-state index in [1.807, 2.05) is 30.3 Å². The van der Waals surface area contributed by atoms with E-state index in [1.165, 1.54) is 11.8 Å². The average Bonchev–Trinajstić information content (AvgIpc) is 3.08. The Balaban J connectivity index is 1.74. The maximum atomic E-state index is 13.1. The van der Waals surface area contributed by atoms with Crippen LogP contribution in [0.25, 0.3) is 10.4 Å². The van der Waals surface area contributed by atoms with Crippen LogP contribution in [0.1, 0.15) is 50.9 Å². The van der Waals surface area contributed by atoms with Crippen LogP contribution in [0.5, 0.6) is 5.75 Å². The second-order valence-electron chi connectivity index (χ2n) is 6.75. The molecule has 136 valence electrons. The molecule has 0 amide bonds. The molecule has 1 aliphatic carbocycles. The molecule has 4 heteroatoms. The van der Waals surface area contributed by atoms with Gasteiger partial charge in [-0.1, -0.05) is 42.5 Å². The third-order valence-corrected chi connectivity index (χ3v) is 6.20. The third kappa shape index (κ3) is 3.58. The van der Waals surface area contributed by atoms with Gasteiger partial charge in [0, 0.05) is 15.3 Å². The zero-order valence-electron chi connectivity index (χ0n) is 15.2. The Bertz CT molecular complexity index is 1000. The van der Waals surface area contributed by atoms with Crippen LogP contribution in [0, 0.1) is 0 Å². The zero-order chi connectivity index (χ0) is 18.8. The number of benzene rings is 2. The quantitative estimate of drug-likeness (QED) is 0.332. The lowest BCUT2D eigenvalue weighted by Gasteiger charge is -2.13. The summed E-state index contributed by atoms with van der Waals surface area (Å²) in [5, 5.41) is 0. The molecule has 1 aromatic heterocycles. The van der Waals surface area contributed by atoms with Gasteiger partial charge in [0.1, 0.15) is 5.75 Å². The highest BCUT2D eigenvalue weighted by Crippen LogP contribution is 2.40. The highest BCUT2D eigenvalue weighted by atomic mass is 32.1. The van der Waals surface area contributed by atoms with Crippen molar-refractivity contribution in [3.8, 4) is 16.2 Å². The molecule has 2 aromatic carbocycles. The van der Waals surface area contributed by atoms with Crippen LogP contribution in [0.4, 0.5) is 0 Å². The van der Waals surface area contributed by atoms with Crippen molar-refractivity contribution in [2.75, 3.05) is 0 Å². The number of Topliss-reactive ketones (excluding diaryl/α,β-unsaturated/α-hetero) is 1. The number of aryl methyl sites for hydroxylation is 1. The molecule has 0 fully saturated rings. The number of rotatable bonds is 4. The fourth-order valence-electron chi connectivity index (χ4n) is 3.51. The van der Waals surface area contributed by atoms with Gasteiger partial charge in [0.2, 0.25) is 0 Å². The number of ketones is 1. The molecule has 0 unspecified atom stereocenters. The Morgan fingerprint density at radius 1 is 0.963 bits per heavy atom. The van der Waals surface area contributed by atoms with Gasteiger partial charge in [-0.15, -0.1) is 11.3 Å². The standard InChI is InChI=1S/C23H20O3S/c1-15(24)17-10-7-11-18(14-17)26-23(25)21-19-12-5-6-13-20(19)27-22(21)16-8-3-2-4-9-16/h2-4,7-11,14H,5-6,12-13H2,1H3. The van der Waals surface area contributed by atoms with Crippen molar-refractivity contribution in [1.82, 2.24) is 0 Å². The Morgan fingerprint density at radius 2 is 1.74 bits per heavy atom. The number of hydrogen-bond acceptors (Lipinski definition) is 4. The number of carbonyl (C=O) groups excluding carboxylic acids is 2. The number of ether oxygens (including phenoxy) is 1. The highest BCUT2D eigenvalue weighted by molar-refractivity contribution is 7.16. The fraction of sp³-hybridized carbons (Fsp3) is 0.217. The molecule has 27 heavy (non-hydrogen) atoms. The maximum absolute atomic E-state index is 13.1. The van der Waals surface area contributed by atoms with Crippen molar-refractivity contribution in [3.05, 3.63) is 76.2 Å². The normalized spacial score (nSPS) is 13.1. The van der Waals surface area contributed by atoms with E-state index < -0.39 is 0 Å². The van der Waals surface area contributed by atoms with Gasteiger partial charge in [0.25, 0.3) is 0 Å². The van der Waals surface area contributed by atoms with Gasteiger partial charge in [-0.05, 0) is 55.9 Å². The first kappa shape index (κ1) is 17.7. The average molecular weight is 376 g/mol. The van der Waals surface area contributed by atoms with E-state index in [9.17, 15) is 9.59 Å². The van der Waals surface area contributed by atoms with Gasteiger partial charge >= 0.3 is 5.97 Å². The van der Waals surface area contributed by atoms with Gasteiger partial charge < -0.3 is 4.74 Å². The van der Waals surface area contributed by atoms with Crippen molar-refractivity contribution >= 4 is 23.1 Å². The van der Waals surface area contributed by atoms with Crippen molar-refractivity contribution in [3.63, 3.8) is 0 Å². The molecule has 0 saturated carbocycles. The van der Waals surface area contributed by atoms with Crippen molar-refractivity contribution in [2.24, 2.45) is 0 Å². The van der Waals surface area contributed by atoms with Crippen LogP contribution in [0.3, 0.4) is 0 Å². The van der Waals surface area contributed by atoms with Gasteiger partial charge in [-0.25, -0.2) is 4.79 Å². The van der Waals surface area contributed by atoms with Gasteiger partial charge in [-0.3, -0.25) is 4.79 Å². The molecule has 3 nitrogen and oxygen atoms in total. The topological polar surface area (TPSA) is 43.4 Å². The molecule has 4 rings (SSSR count). The summed E-state index contributed by atoms with van der Waals surface area (Å²) in [5.41, 5.74) is 3.41. The van der Waals surface area contributed by atoms with E-state index in [2.05, 4.69) is 0 Å². The molecule has 0 atom stereocenters. The molecule has 3 aromatic rings. The molecule has 0 saturated heterocycles. The Labute approximate surface area is 162 Å². The summed E-state index contributed by atoms with van der Waals surface area (Å²) >= 11 is 1.71. The van der Waals surface area contributed by atoms with Gasteiger partial charge in [0.15, 0.2) is 5.78 Å². The molecule has 0 aliphatic heterocycles. The minimum atomic E-state index is -0.339. The van der Waals surface area contributed by atoms with E-state index in [4.69, 9.17) is 4.74 Å². The summed E-state index contributed by atoms with van der Waals surface area (Å²) in [6.45, 7) is 1.50. The predicted molar refractivity (Wildman–Crippen MR) is 108 cm³/mol. The predicted octanol–water partition coefficient (Wildman–Crippen LogP) is 5.72. The largest absolute Gasteiger partial charge is 0.423 e. The van der Waals surface area contributed by atoms with Crippen molar-refractivity contribution in [1.29, 1.82) is 0 Å². The molecule has 1 heterocycles. The molecule has 0 bridgehead atoms. The molecule has 0 spiro atoms. The maximum Gasteiger partial charge on any atom is 0.345 e. The molecular weight excluding hydrogens is 356 g/mol. The molecular formula is C23H20O3S. The first-order valence-electron chi connectivity index (χ1n) is 9.16. The third-order valence-electron chi connectivity index (χ3n) is 4.86. The monoisotopic (exact) mass is 376 g/mol. The van der Waals surface area contributed by atoms with E-state index in [1.54, 1.807) is 35.6 Å². The summed E-state index contributed by atoms with van der Waals surface area (Å²) in [4.78, 5) is 27.0. The summed E-state index contributed by atoms with van der Waals surface area (Å²) in [5.74, 6) is 0.0159. The second-order valence-corrected chi connectivity index (χ2v) is 7.86. The van der Waals surface area contributed by atoms with Crippen LogP contribution in [-0.2, 0) is 12.8 Å². The first-order chi connectivity index (χ1) is 13.1. The number of fused-ring (bicyclic) bond motifs is 1. The van der Waals surface area contributed by atoms with E-state index >= 15 is 0 Å². The lowest BCUT2D eigenvalue weighted by molar-refractivity contribution is 0.0733. The first-order valence-corrected chi connectivity index (χ1v) is 9.98. The highest BCUT2D eigenvalue weighted by Gasteiger charge is 2.27. The number of carbonyl (C=O) groups is 2. The van der Waals surface area contributed by atoms with Crippen molar-refractivity contribution < 1.29 is 14.3 Å². The minimum Gasteiger partial charge on any atom is -0.423 e. The fourth-order valence-corrected chi connectivity index (χ4v) is 4.89. The van der Waals surface area contributed by atoms with Crippen molar-refractivity contribution in [2.45, 2.75) is 32.6 Å². The summed E-state index contributed by atoms with van der Waals surface area (Å²) < 4.78 is 5.69. The number of hydrogen-bond donors (Lipinski definition) is 0. The lowest BCUT2D eigenvalue weighted by Crippen LogP contribution is -2.13. The van der Waals surface area contributed by atoms with Crippen LogP contribution in [-0.4, -0.2) is 11.8 Å². The number of esters is 1. The minimum absolute atomic E-state index is 0.0502. The van der Waals surface area contributed by atoms with Crippen LogP contribution in [0.2, 0.25) is 0 Å². The SMILES string of the molecule is CC(=O)c1cccc(OC(=O)c2c(-c3ccccc3)sc3c2CCCC3)c1. The summed E-state index contributed by atoms with van der Waals surface area (Å²) in [6.07, 6.45) is 4.19.